The molecule has 0 saturated heterocycles. The highest BCUT2D eigenvalue weighted by molar-refractivity contribution is 5.79. The lowest BCUT2D eigenvalue weighted by molar-refractivity contribution is -0.250. The fourth-order valence-electron chi connectivity index (χ4n) is 0.612. The summed E-state index contributed by atoms with van der Waals surface area (Å²) < 4.78 is 0. The molecule has 5 nitrogen and oxygen atoms in total. The van der Waals surface area contributed by atoms with E-state index >= 15 is 0 Å². The molecule has 0 aliphatic heterocycles. The fourth-order valence-corrected chi connectivity index (χ4v) is 0.612. The van der Waals surface area contributed by atoms with Crippen LogP contribution in [0.15, 0.2) is 29.6 Å². The van der Waals surface area contributed by atoms with Gasteiger partial charge in [-0.25, -0.2) is 0 Å². The van der Waals surface area contributed by atoms with Gasteiger partial charge in [-0.15, -0.1) is 0 Å². The van der Waals surface area contributed by atoms with E-state index in [2.05, 4.69) is 10.1 Å². The Balaban J connectivity index is 2.52. The van der Waals surface area contributed by atoms with Crippen LogP contribution in [0, 0.1) is 0 Å². The number of hydrogen-bond donors (Lipinski definition) is 1. The van der Waals surface area contributed by atoms with Crippen LogP contribution < -0.4 is 10.5 Å². The Morgan fingerprint density at radius 1 is 1.75 bits per heavy atom. The topological polar surface area (TPSA) is 77.4 Å². The number of rotatable bonds is 2. The highest BCUT2D eigenvalue weighted by Gasteiger charge is 1.83. The largest absolute Gasteiger partial charge is 0.529 e. The van der Waals surface area contributed by atoms with E-state index in [0.717, 1.165) is 0 Å². The molecular weight excluding hydrogens is 158 g/mol. The number of nitrogens with one attached hydrogen (secondary N) is 1. The van der Waals surface area contributed by atoms with Crippen LogP contribution in [0.5, 0.6) is 0 Å². The van der Waals surface area contributed by atoms with Crippen molar-refractivity contribution >= 4 is 12.3 Å². The average Bonchev–Trinajstić information content (AvgIpc) is 2.05. The van der Waals surface area contributed by atoms with Crippen LogP contribution in [0.1, 0.15) is 5.56 Å². The predicted octanol–water partition coefficient (Wildman–Crippen LogP) is -0.652. The molecule has 0 aliphatic rings. The lowest BCUT2D eigenvalue weighted by Gasteiger charge is -1.96. The number of hydrazone groups is 1. The Morgan fingerprint density at radius 3 is 3.17 bits per heavy atom. The second kappa shape index (κ2) is 4.07. The Hall–Kier alpha value is -1.91. The maximum atomic E-state index is 9.84. The first kappa shape index (κ1) is 8.19. The predicted molar refractivity (Wildman–Crippen MR) is 40.4 cm³/mol. The summed E-state index contributed by atoms with van der Waals surface area (Å²) in [5.74, 6) is 0. The molecule has 0 aromatic carbocycles. The molecule has 1 aromatic heterocycles. The van der Waals surface area contributed by atoms with Gasteiger partial charge in [0.15, 0.2) is 6.09 Å². The molecule has 0 atom stereocenters. The summed E-state index contributed by atoms with van der Waals surface area (Å²) in [6.45, 7) is 0. The number of nitrogens with zero attached hydrogens (tertiary/aromatic N) is 2. The minimum atomic E-state index is -1.44. The molecule has 1 amide bonds. The van der Waals surface area contributed by atoms with E-state index in [0.29, 0.717) is 5.56 Å². The molecule has 0 aliphatic carbocycles. The Morgan fingerprint density at radius 2 is 2.58 bits per heavy atom. The molecule has 62 valence electrons. The van der Waals surface area contributed by atoms with Gasteiger partial charge in [0.1, 0.15) is 0 Å². The summed E-state index contributed by atoms with van der Waals surface area (Å²) >= 11 is 0. The molecule has 0 radical (unpaired) electrons. The van der Waals surface area contributed by atoms with E-state index in [1.54, 1.807) is 30.0 Å². The summed E-state index contributed by atoms with van der Waals surface area (Å²) in [6.07, 6.45) is 3.07. The summed E-state index contributed by atoms with van der Waals surface area (Å²) in [7, 11) is 0. The smallest absolute Gasteiger partial charge is 0.155 e. The molecule has 0 bridgehead atoms. The third kappa shape index (κ3) is 2.78. The average molecular weight is 164 g/mol. The van der Waals surface area contributed by atoms with E-state index in [4.69, 9.17) is 0 Å². The zero-order chi connectivity index (χ0) is 8.81. The van der Waals surface area contributed by atoms with E-state index in [1.165, 1.54) is 6.21 Å². The van der Waals surface area contributed by atoms with Crippen LogP contribution in [-0.2, 0) is 0 Å². The Labute approximate surface area is 68.8 Å². The molecule has 0 unspecified atom stereocenters. The van der Waals surface area contributed by atoms with Crippen molar-refractivity contribution in [2.24, 2.45) is 5.10 Å². The number of carbonyl (C=O) groups is 1. The highest BCUT2D eigenvalue weighted by Crippen LogP contribution is 1.89. The zero-order valence-electron chi connectivity index (χ0n) is 6.10. The van der Waals surface area contributed by atoms with Crippen molar-refractivity contribution in [3.05, 3.63) is 30.1 Å². The maximum absolute atomic E-state index is 9.84. The van der Waals surface area contributed by atoms with Gasteiger partial charge in [-0.3, -0.25) is 10.4 Å². The van der Waals surface area contributed by atoms with Crippen molar-refractivity contribution in [3.63, 3.8) is 0 Å². The molecule has 1 N–H and O–H groups in total. The van der Waals surface area contributed by atoms with Gasteiger partial charge in [-0.1, -0.05) is 6.07 Å². The second-order valence-electron chi connectivity index (χ2n) is 1.94. The van der Waals surface area contributed by atoms with Gasteiger partial charge in [0.25, 0.3) is 0 Å². The monoisotopic (exact) mass is 164 g/mol. The normalized spacial score (nSPS) is 10.0. The minimum absolute atomic E-state index is 0.714. The summed E-state index contributed by atoms with van der Waals surface area (Å²) in [5.41, 5.74) is 2.46. The van der Waals surface area contributed by atoms with E-state index in [1.807, 2.05) is 0 Å². The molecule has 1 aromatic rings. The highest BCUT2D eigenvalue weighted by atomic mass is 16.4. The van der Waals surface area contributed by atoms with Gasteiger partial charge in [0, 0.05) is 18.0 Å². The summed E-state index contributed by atoms with van der Waals surface area (Å²) in [5, 5.41) is 13.2. The Bertz CT molecular complexity index is 284. The molecule has 0 spiro atoms. The standard InChI is InChI=1S/C7H7N3O2/c11-7(12)10-9-5-6-2-1-3-8-4-6/h1-5,10H,(H,11,12)/p-1/b9-5+. The first-order valence-electron chi connectivity index (χ1n) is 3.19. The first-order chi connectivity index (χ1) is 5.79. The fraction of sp³-hybridized carbons (Fsp3) is 0. The van der Waals surface area contributed by atoms with Crippen LogP contribution in [0.2, 0.25) is 0 Å². The molecular formula is C7H6N3O2-. The third-order valence-electron chi connectivity index (χ3n) is 1.05. The van der Waals surface area contributed by atoms with Crippen LogP contribution in [0.3, 0.4) is 0 Å². The van der Waals surface area contributed by atoms with E-state index in [-0.39, 0.29) is 0 Å². The van der Waals surface area contributed by atoms with Gasteiger partial charge in [0.2, 0.25) is 0 Å². The van der Waals surface area contributed by atoms with Crippen LogP contribution >= 0.6 is 0 Å². The Kier molecular flexibility index (Phi) is 2.78. The number of carbonyl (C=O) groups excluding carboxylic acids is 1. The molecule has 1 heterocycles. The summed E-state index contributed by atoms with van der Waals surface area (Å²) in [6, 6.07) is 3.47. The van der Waals surface area contributed by atoms with Gasteiger partial charge >= 0.3 is 0 Å². The van der Waals surface area contributed by atoms with Crippen LogP contribution in [-0.4, -0.2) is 17.3 Å². The van der Waals surface area contributed by atoms with Crippen molar-refractivity contribution in [1.29, 1.82) is 0 Å². The lowest BCUT2D eigenvalue weighted by Crippen LogP contribution is -2.32. The molecule has 5 heteroatoms. The molecule has 1 rings (SSSR count). The first-order valence-corrected chi connectivity index (χ1v) is 3.19. The minimum Gasteiger partial charge on any atom is -0.529 e. The second-order valence-corrected chi connectivity index (χ2v) is 1.94. The quantitative estimate of drug-likeness (QED) is 0.466. The third-order valence-corrected chi connectivity index (χ3v) is 1.05. The zero-order valence-corrected chi connectivity index (χ0v) is 6.10. The van der Waals surface area contributed by atoms with Crippen LogP contribution in [0.25, 0.3) is 0 Å². The number of amides is 1. The molecule has 0 saturated carbocycles. The van der Waals surface area contributed by atoms with Crippen LogP contribution in [0.4, 0.5) is 4.79 Å². The van der Waals surface area contributed by atoms with Gasteiger partial charge in [-0.2, -0.15) is 5.10 Å². The molecule has 0 fully saturated rings. The SMILES string of the molecule is O=C([O-])N/N=C/c1cccnc1. The van der Waals surface area contributed by atoms with Crippen molar-refractivity contribution in [3.8, 4) is 0 Å². The van der Waals surface area contributed by atoms with Crippen molar-refractivity contribution in [1.82, 2.24) is 10.4 Å². The summed E-state index contributed by atoms with van der Waals surface area (Å²) in [4.78, 5) is 13.6. The molecule has 12 heavy (non-hydrogen) atoms. The van der Waals surface area contributed by atoms with Gasteiger partial charge < -0.3 is 9.90 Å². The van der Waals surface area contributed by atoms with Crippen molar-refractivity contribution < 1.29 is 9.90 Å². The maximum Gasteiger partial charge on any atom is 0.155 e. The van der Waals surface area contributed by atoms with Gasteiger partial charge in [-0.05, 0) is 6.07 Å². The van der Waals surface area contributed by atoms with Crippen molar-refractivity contribution in [2.75, 3.05) is 0 Å². The van der Waals surface area contributed by atoms with E-state index < -0.39 is 6.09 Å². The number of pyridine rings is 1. The van der Waals surface area contributed by atoms with Gasteiger partial charge in [0.05, 0.1) is 6.21 Å². The number of carboxylic acid groups (broad SMARTS) is 1. The number of hydrogen-bond acceptors (Lipinski definition) is 4. The lowest BCUT2D eigenvalue weighted by atomic mass is 10.3. The number of aromatic nitrogens is 1. The van der Waals surface area contributed by atoms with Crippen molar-refractivity contribution in [2.45, 2.75) is 0 Å². The van der Waals surface area contributed by atoms with E-state index in [9.17, 15) is 9.90 Å².